The molecular weight excluding hydrogens is 661 g/mol. The Morgan fingerprint density at radius 2 is 1.65 bits per heavy atom. The van der Waals surface area contributed by atoms with Crippen molar-refractivity contribution in [3.05, 3.63) is 130 Å². The fraction of sp³-hybridized carbons (Fsp3) is 0.300. The van der Waals surface area contributed by atoms with Crippen molar-refractivity contribution in [3.63, 3.8) is 0 Å². The van der Waals surface area contributed by atoms with Crippen LogP contribution in [-0.2, 0) is 32.9 Å². The Labute approximate surface area is 296 Å². The van der Waals surface area contributed by atoms with Gasteiger partial charge in [0.25, 0.3) is 11.5 Å². The monoisotopic (exact) mass is 700 g/mol. The average Bonchev–Trinajstić information content (AvgIpc) is 3.57. The van der Waals surface area contributed by atoms with Crippen LogP contribution in [0.15, 0.2) is 108 Å². The Kier molecular flexibility index (Phi) is 8.06. The molecule has 0 saturated carbocycles. The number of hydrogen-bond donors (Lipinski definition) is 2. The molecule has 1 fully saturated rings. The number of carbonyl (C=O) groups excluding carboxylic acids is 2. The van der Waals surface area contributed by atoms with Crippen molar-refractivity contribution >= 4 is 42.3 Å². The van der Waals surface area contributed by atoms with Gasteiger partial charge in [0, 0.05) is 34.6 Å². The molecule has 260 valence electrons. The first-order chi connectivity index (χ1) is 24.5. The Hall–Kier alpha value is -4.94. The van der Waals surface area contributed by atoms with E-state index in [1.807, 2.05) is 98.9 Å². The zero-order valence-electron chi connectivity index (χ0n) is 28.8. The van der Waals surface area contributed by atoms with Crippen LogP contribution in [0.5, 0.6) is 0 Å². The number of carbonyl (C=O) groups is 2. The summed E-state index contributed by atoms with van der Waals surface area (Å²) >= 11 is 0. The SMILES string of the molecule is C[C@H]1[C@H]([Si](C)(C)O)[C@@H](CC(=O)N2Cc3ccccc3C[C@H]2CO)O[C@]12C(=O)N(c1ccccc1)c1ccc(-n3ncc4ccccc4c3=O)cc12. The zero-order valence-corrected chi connectivity index (χ0v) is 29.8. The highest BCUT2D eigenvalue weighted by atomic mass is 28.4. The molecule has 10 nitrogen and oxygen atoms in total. The number of anilines is 2. The molecule has 3 aliphatic rings. The fourth-order valence-corrected chi connectivity index (χ4v) is 11.3. The van der Waals surface area contributed by atoms with Gasteiger partial charge in [0.05, 0.1) is 48.1 Å². The molecule has 2 amide bonds. The highest BCUT2D eigenvalue weighted by molar-refractivity contribution is 6.71. The van der Waals surface area contributed by atoms with Gasteiger partial charge in [-0.1, -0.05) is 67.6 Å². The van der Waals surface area contributed by atoms with Crippen LogP contribution in [0.4, 0.5) is 11.4 Å². The zero-order chi connectivity index (χ0) is 35.7. The van der Waals surface area contributed by atoms with Crippen LogP contribution in [0, 0.1) is 5.92 Å². The summed E-state index contributed by atoms with van der Waals surface area (Å²) in [6, 6.07) is 29.5. The van der Waals surface area contributed by atoms with Crippen LogP contribution in [0.3, 0.4) is 0 Å². The second kappa shape index (κ2) is 12.4. The Morgan fingerprint density at radius 3 is 2.39 bits per heavy atom. The van der Waals surface area contributed by atoms with Crippen LogP contribution < -0.4 is 10.5 Å². The van der Waals surface area contributed by atoms with Crippen molar-refractivity contribution in [2.75, 3.05) is 11.5 Å². The number of aliphatic hydroxyl groups is 1. The van der Waals surface area contributed by atoms with Crippen molar-refractivity contribution in [3.8, 4) is 5.69 Å². The molecule has 0 radical (unpaired) electrons. The van der Waals surface area contributed by atoms with Crippen LogP contribution in [0.1, 0.15) is 30.0 Å². The number of rotatable bonds is 6. The van der Waals surface area contributed by atoms with E-state index in [2.05, 4.69) is 5.10 Å². The minimum atomic E-state index is -3.10. The summed E-state index contributed by atoms with van der Waals surface area (Å²) in [5.74, 6) is -1.05. The first-order valence-electron chi connectivity index (χ1n) is 17.4. The van der Waals surface area contributed by atoms with E-state index in [1.54, 1.807) is 34.2 Å². The van der Waals surface area contributed by atoms with Crippen LogP contribution >= 0.6 is 0 Å². The molecule has 1 saturated heterocycles. The summed E-state index contributed by atoms with van der Waals surface area (Å²) in [7, 11) is -3.10. The second-order valence-electron chi connectivity index (χ2n) is 14.5. The third-order valence-corrected chi connectivity index (χ3v) is 13.6. The van der Waals surface area contributed by atoms with E-state index in [-0.39, 0.29) is 30.4 Å². The third kappa shape index (κ3) is 5.26. The van der Waals surface area contributed by atoms with Gasteiger partial charge in [-0.2, -0.15) is 9.78 Å². The van der Waals surface area contributed by atoms with Crippen molar-refractivity contribution in [2.24, 2.45) is 5.92 Å². The van der Waals surface area contributed by atoms with E-state index in [1.165, 1.54) is 4.68 Å². The predicted octanol–water partition coefficient (Wildman–Crippen LogP) is 5.20. The first kappa shape index (κ1) is 33.2. The van der Waals surface area contributed by atoms with Crippen molar-refractivity contribution in [2.45, 2.75) is 62.7 Å². The molecule has 3 aliphatic heterocycles. The van der Waals surface area contributed by atoms with Gasteiger partial charge >= 0.3 is 0 Å². The van der Waals surface area contributed by atoms with E-state index in [0.717, 1.165) is 16.5 Å². The number of para-hydroxylation sites is 1. The molecule has 4 heterocycles. The first-order valence-corrected chi connectivity index (χ1v) is 20.4. The summed E-state index contributed by atoms with van der Waals surface area (Å²) in [6.07, 6.45) is 1.34. The minimum Gasteiger partial charge on any atom is -0.432 e. The second-order valence-corrected chi connectivity index (χ2v) is 18.5. The number of aromatic nitrogens is 2. The lowest BCUT2D eigenvalue weighted by Gasteiger charge is -2.37. The number of fused-ring (bicyclic) bond motifs is 4. The van der Waals surface area contributed by atoms with E-state index >= 15 is 4.79 Å². The van der Waals surface area contributed by atoms with E-state index in [4.69, 9.17) is 4.74 Å². The number of nitrogens with zero attached hydrogens (tertiary/aromatic N) is 4. The normalized spacial score (nSPS) is 24.3. The van der Waals surface area contributed by atoms with Gasteiger partial charge in [0.1, 0.15) is 0 Å². The Bertz CT molecular complexity index is 2240. The van der Waals surface area contributed by atoms with E-state index in [9.17, 15) is 19.5 Å². The highest BCUT2D eigenvalue weighted by Crippen LogP contribution is 2.61. The van der Waals surface area contributed by atoms with Gasteiger partial charge in [-0.05, 0) is 67.0 Å². The predicted molar refractivity (Wildman–Crippen MR) is 196 cm³/mol. The average molecular weight is 701 g/mol. The molecule has 0 unspecified atom stereocenters. The lowest BCUT2D eigenvalue weighted by atomic mass is 9.82. The molecule has 51 heavy (non-hydrogen) atoms. The Morgan fingerprint density at radius 1 is 0.941 bits per heavy atom. The van der Waals surface area contributed by atoms with Crippen molar-refractivity contribution < 1.29 is 24.2 Å². The van der Waals surface area contributed by atoms with Crippen molar-refractivity contribution in [1.29, 1.82) is 0 Å². The van der Waals surface area contributed by atoms with E-state index < -0.39 is 37.5 Å². The molecule has 5 aromatic rings. The van der Waals surface area contributed by atoms with Gasteiger partial charge in [0.15, 0.2) is 13.9 Å². The molecule has 1 spiro atoms. The number of hydrogen-bond acceptors (Lipinski definition) is 7. The molecule has 4 aromatic carbocycles. The summed E-state index contributed by atoms with van der Waals surface area (Å²) < 4.78 is 8.34. The topological polar surface area (TPSA) is 125 Å². The summed E-state index contributed by atoms with van der Waals surface area (Å²) in [4.78, 5) is 58.2. The maximum atomic E-state index is 15.1. The molecule has 0 aliphatic carbocycles. The molecule has 5 atom stereocenters. The smallest absolute Gasteiger partial charge is 0.279 e. The largest absolute Gasteiger partial charge is 0.432 e. The third-order valence-electron chi connectivity index (χ3n) is 11.1. The molecule has 2 N–H and O–H groups in total. The van der Waals surface area contributed by atoms with Crippen LogP contribution in [-0.4, -0.2) is 63.5 Å². The van der Waals surface area contributed by atoms with Crippen LogP contribution in [0.2, 0.25) is 18.6 Å². The van der Waals surface area contributed by atoms with Crippen molar-refractivity contribution in [1.82, 2.24) is 14.7 Å². The van der Waals surface area contributed by atoms with Gasteiger partial charge in [-0.25, -0.2) is 0 Å². The summed E-state index contributed by atoms with van der Waals surface area (Å²) in [5.41, 5.74) is 2.07. The number of ether oxygens (including phenoxy) is 1. The Balaban J connectivity index is 1.24. The lowest BCUT2D eigenvalue weighted by molar-refractivity contribution is -0.150. The fourth-order valence-electron chi connectivity index (χ4n) is 8.76. The summed E-state index contributed by atoms with van der Waals surface area (Å²) in [6.45, 7) is 5.76. The standard InChI is InChI=1S/C40H40N4O6Si/c1-25-37(51(2,3)49)35(21-36(46)42-23-28-13-8-7-11-26(28)19-31(42)24-45)50-40(25)33-20-30(44-38(47)32-16-10-9-12-27(32)22-41-44)17-18-34(33)43(39(40)48)29-14-5-4-6-15-29/h4-18,20,22,25,31,35,37,45,49H,19,21,23-24H2,1-3H3/t25-,31-,35+,37-,40+/m0/s1. The lowest BCUT2D eigenvalue weighted by Crippen LogP contribution is -2.48. The van der Waals surface area contributed by atoms with Crippen LogP contribution in [0.25, 0.3) is 16.5 Å². The minimum absolute atomic E-state index is 0.0637. The number of benzene rings is 4. The molecule has 8 rings (SSSR count). The van der Waals surface area contributed by atoms with E-state index in [0.29, 0.717) is 41.0 Å². The van der Waals surface area contributed by atoms with Gasteiger partial charge in [-0.3, -0.25) is 19.3 Å². The molecule has 11 heteroatoms. The maximum absolute atomic E-state index is 15.1. The molecule has 0 bridgehead atoms. The highest BCUT2D eigenvalue weighted by Gasteiger charge is 2.67. The van der Waals surface area contributed by atoms with Gasteiger partial charge in [-0.15, -0.1) is 0 Å². The quantitative estimate of drug-likeness (QED) is 0.234. The number of aliphatic hydroxyl groups excluding tert-OH is 1. The van der Waals surface area contributed by atoms with Gasteiger partial charge < -0.3 is 19.5 Å². The molecule has 1 aromatic heterocycles. The molecular formula is C40H40N4O6Si. The number of amides is 2. The summed E-state index contributed by atoms with van der Waals surface area (Å²) in [5, 5.41) is 16.1. The van der Waals surface area contributed by atoms with Gasteiger partial charge in [0.2, 0.25) is 5.91 Å². The maximum Gasteiger partial charge on any atom is 0.279 e.